The molecule has 3 aromatic rings. The maximum Gasteiger partial charge on any atom is 0.410 e. The summed E-state index contributed by atoms with van der Waals surface area (Å²) >= 11 is 1.55. The van der Waals surface area contributed by atoms with Gasteiger partial charge in [0, 0.05) is 37.0 Å². The molecule has 0 aliphatic carbocycles. The Morgan fingerprint density at radius 1 is 1.06 bits per heavy atom. The minimum absolute atomic E-state index is 0.235. The van der Waals surface area contributed by atoms with Crippen LogP contribution in [0.15, 0.2) is 64.9 Å². The first-order chi connectivity index (χ1) is 16.5. The van der Waals surface area contributed by atoms with Gasteiger partial charge in [-0.2, -0.15) is 0 Å². The number of carbonyl (C=O) groups is 1. The van der Waals surface area contributed by atoms with Crippen molar-refractivity contribution in [3.63, 3.8) is 0 Å². The normalized spacial score (nSPS) is 15.1. The van der Waals surface area contributed by atoms with E-state index in [2.05, 4.69) is 5.38 Å². The molecule has 0 spiro atoms. The topological polar surface area (TPSA) is 79.8 Å². The second kappa shape index (κ2) is 9.99. The van der Waals surface area contributed by atoms with E-state index in [0.29, 0.717) is 18.8 Å². The maximum absolute atomic E-state index is 13.0. The first kappa shape index (κ1) is 25.2. The summed E-state index contributed by atoms with van der Waals surface area (Å²) in [5.74, 6) is 0.290. The molecule has 0 saturated carbocycles. The van der Waals surface area contributed by atoms with E-state index in [1.807, 2.05) is 39.0 Å². The molecule has 1 aromatic heterocycles. The van der Waals surface area contributed by atoms with Crippen molar-refractivity contribution in [1.82, 2.24) is 9.88 Å². The van der Waals surface area contributed by atoms with Gasteiger partial charge in [-0.1, -0.05) is 30.3 Å². The van der Waals surface area contributed by atoms with E-state index in [0.717, 1.165) is 29.1 Å². The summed E-state index contributed by atoms with van der Waals surface area (Å²) in [5, 5.41) is 2.92. The number of hydrogen-bond acceptors (Lipinski definition) is 6. The number of likely N-dealkylation sites (tertiary alicyclic amines) is 1. The monoisotopic (exact) mass is 513 g/mol. The van der Waals surface area contributed by atoms with E-state index in [4.69, 9.17) is 9.72 Å². The Labute approximate surface area is 211 Å². The molecule has 0 radical (unpaired) electrons. The van der Waals surface area contributed by atoms with Gasteiger partial charge in [0.2, 0.25) is 0 Å². The SMILES string of the molecule is CN(c1ccccc1)S(=O)(=O)c1ccc(-c2nc(C3CCN(C(=O)OC(C)(C)C)CC3)cs2)cc1. The molecule has 1 amide bonds. The molecule has 4 rings (SSSR count). The summed E-state index contributed by atoms with van der Waals surface area (Å²) in [5.41, 5.74) is 2.02. The van der Waals surface area contributed by atoms with E-state index in [-0.39, 0.29) is 16.9 Å². The Bertz CT molecular complexity index is 1260. The summed E-state index contributed by atoms with van der Waals surface area (Å²) < 4.78 is 32.8. The standard InChI is InChI=1S/C26H31N3O4S2/c1-26(2,3)33-25(30)29-16-14-19(15-17-29)23-18-34-24(27-23)20-10-12-22(13-11-20)35(31,32)28(4)21-8-6-5-7-9-21/h5-13,18-19H,14-17H2,1-4H3. The van der Waals surface area contributed by atoms with E-state index < -0.39 is 15.6 Å². The number of para-hydroxylation sites is 1. The third-order valence-corrected chi connectivity index (χ3v) is 8.68. The number of sulfonamides is 1. The fourth-order valence-corrected chi connectivity index (χ4v) is 6.10. The first-order valence-corrected chi connectivity index (χ1v) is 13.9. The average Bonchev–Trinajstić information content (AvgIpc) is 3.33. The predicted octanol–water partition coefficient (Wildman–Crippen LogP) is 5.75. The third kappa shape index (κ3) is 5.85. The first-order valence-electron chi connectivity index (χ1n) is 11.6. The number of piperidine rings is 1. The van der Waals surface area contributed by atoms with Crippen LogP contribution in [0.5, 0.6) is 0 Å². The van der Waals surface area contributed by atoms with Crippen LogP contribution in [0.4, 0.5) is 10.5 Å². The summed E-state index contributed by atoms with van der Waals surface area (Å²) in [7, 11) is -2.10. The summed E-state index contributed by atoms with van der Waals surface area (Å²) in [6, 6.07) is 15.9. The van der Waals surface area contributed by atoms with Crippen LogP contribution >= 0.6 is 11.3 Å². The lowest BCUT2D eigenvalue weighted by atomic mass is 9.94. The molecule has 0 unspecified atom stereocenters. The largest absolute Gasteiger partial charge is 0.444 e. The number of rotatable bonds is 5. The summed E-state index contributed by atoms with van der Waals surface area (Å²) in [6.07, 6.45) is 1.42. The summed E-state index contributed by atoms with van der Waals surface area (Å²) in [6.45, 7) is 6.91. The van der Waals surface area contributed by atoms with Gasteiger partial charge in [0.05, 0.1) is 16.3 Å². The van der Waals surface area contributed by atoms with Gasteiger partial charge in [-0.15, -0.1) is 11.3 Å². The molecule has 2 heterocycles. The Morgan fingerprint density at radius 2 is 1.69 bits per heavy atom. The van der Waals surface area contributed by atoms with Gasteiger partial charge in [-0.3, -0.25) is 4.31 Å². The molecule has 2 aromatic carbocycles. The fraction of sp³-hybridized carbons (Fsp3) is 0.385. The number of aromatic nitrogens is 1. The molecule has 1 aliphatic rings. The number of benzene rings is 2. The molecule has 9 heteroatoms. The Kier molecular flexibility index (Phi) is 7.19. The molecule has 1 aliphatic heterocycles. The Hall–Kier alpha value is -2.91. The zero-order chi connectivity index (χ0) is 25.2. The molecule has 0 atom stereocenters. The second-order valence-corrected chi connectivity index (χ2v) is 12.5. The molecule has 186 valence electrons. The lowest BCUT2D eigenvalue weighted by Gasteiger charge is -2.32. The van der Waals surface area contributed by atoms with Crippen LogP contribution in [0.1, 0.15) is 45.2 Å². The zero-order valence-corrected chi connectivity index (χ0v) is 22.1. The highest BCUT2D eigenvalue weighted by Gasteiger charge is 2.28. The Balaban J connectivity index is 1.41. The molecule has 35 heavy (non-hydrogen) atoms. The van der Waals surface area contributed by atoms with Crippen molar-refractivity contribution in [3.05, 3.63) is 65.7 Å². The van der Waals surface area contributed by atoms with Gasteiger partial charge in [0.1, 0.15) is 10.6 Å². The number of hydrogen-bond donors (Lipinski definition) is 0. The number of nitrogens with zero attached hydrogens (tertiary/aromatic N) is 3. The van der Waals surface area contributed by atoms with Crippen LogP contribution in [0.25, 0.3) is 10.6 Å². The van der Waals surface area contributed by atoms with Gasteiger partial charge in [0.15, 0.2) is 0 Å². The molecule has 0 bridgehead atoms. The van der Waals surface area contributed by atoms with Crippen molar-refractivity contribution in [3.8, 4) is 10.6 Å². The van der Waals surface area contributed by atoms with E-state index in [1.165, 1.54) is 4.31 Å². The molecular weight excluding hydrogens is 482 g/mol. The highest BCUT2D eigenvalue weighted by molar-refractivity contribution is 7.92. The lowest BCUT2D eigenvalue weighted by Crippen LogP contribution is -2.41. The van der Waals surface area contributed by atoms with Gasteiger partial charge in [-0.05, 0) is 57.9 Å². The van der Waals surface area contributed by atoms with Crippen molar-refractivity contribution in [2.24, 2.45) is 0 Å². The van der Waals surface area contributed by atoms with E-state index in [9.17, 15) is 13.2 Å². The van der Waals surface area contributed by atoms with Crippen molar-refractivity contribution in [2.75, 3.05) is 24.4 Å². The number of thiazole rings is 1. The highest BCUT2D eigenvalue weighted by atomic mass is 32.2. The van der Waals surface area contributed by atoms with Gasteiger partial charge in [-0.25, -0.2) is 18.2 Å². The number of amides is 1. The van der Waals surface area contributed by atoms with Crippen molar-refractivity contribution in [1.29, 1.82) is 0 Å². The van der Waals surface area contributed by atoms with Crippen molar-refractivity contribution in [2.45, 2.75) is 50.0 Å². The van der Waals surface area contributed by atoms with Crippen molar-refractivity contribution >= 4 is 33.1 Å². The van der Waals surface area contributed by atoms with Crippen LogP contribution in [0.3, 0.4) is 0 Å². The fourth-order valence-electron chi connectivity index (χ4n) is 3.99. The van der Waals surface area contributed by atoms with Gasteiger partial charge in [0.25, 0.3) is 10.0 Å². The van der Waals surface area contributed by atoms with E-state index in [1.54, 1.807) is 59.7 Å². The van der Waals surface area contributed by atoms with Crippen LogP contribution in [-0.2, 0) is 14.8 Å². The predicted molar refractivity (Wildman–Crippen MR) is 139 cm³/mol. The Morgan fingerprint density at radius 3 is 2.29 bits per heavy atom. The van der Waals surface area contributed by atoms with Gasteiger partial charge >= 0.3 is 6.09 Å². The molecule has 1 fully saturated rings. The number of anilines is 1. The minimum Gasteiger partial charge on any atom is -0.444 e. The molecule has 7 nitrogen and oxygen atoms in total. The number of carbonyl (C=O) groups excluding carboxylic acids is 1. The van der Waals surface area contributed by atoms with Gasteiger partial charge < -0.3 is 9.64 Å². The molecule has 0 N–H and O–H groups in total. The van der Waals surface area contributed by atoms with Crippen LogP contribution in [0, 0.1) is 0 Å². The van der Waals surface area contributed by atoms with E-state index >= 15 is 0 Å². The highest BCUT2D eigenvalue weighted by Crippen LogP contribution is 2.33. The quantitative estimate of drug-likeness (QED) is 0.434. The zero-order valence-electron chi connectivity index (χ0n) is 20.5. The average molecular weight is 514 g/mol. The van der Waals surface area contributed by atoms with Crippen LogP contribution < -0.4 is 4.31 Å². The third-order valence-electron chi connectivity index (χ3n) is 5.97. The molecular formula is C26H31N3O4S2. The molecule has 1 saturated heterocycles. The minimum atomic E-state index is -3.65. The summed E-state index contributed by atoms with van der Waals surface area (Å²) in [4.78, 5) is 19.1. The smallest absolute Gasteiger partial charge is 0.410 e. The maximum atomic E-state index is 13.0. The second-order valence-electron chi connectivity index (χ2n) is 9.65. The van der Waals surface area contributed by atoms with Crippen LogP contribution in [-0.4, -0.2) is 50.1 Å². The van der Waals surface area contributed by atoms with Crippen molar-refractivity contribution < 1.29 is 17.9 Å². The number of ether oxygens (including phenoxy) is 1. The van der Waals surface area contributed by atoms with Crippen LogP contribution in [0.2, 0.25) is 0 Å². The lowest BCUT2D eigenvalue weighted by molar-refractivity contribution is 0.0204.